The molecule has 8 nitrogen and oxygen atoms in total. The number of aliphatic hydroxyl groups excluding tert-OH is 1. The van der Waals surface area contributed by atoms with E-state index >= 15 is 0 Å². The number of fused-ring (bicyclic) bond motifs is 1. The van der Waals surface area contributed by atoms with Crippen molar-refractivity contribution in [2.24, 2.45) is 0 Å². The molecule has 1 aliphatic carbocycles. The summed E-state index contributed by atoms with van der Waals surface area (Å²) >= 11 is 1.61. The summed E-state index contributed by atoms with van der Waals surface area (Å²) < 4.78 is 2.63. The highest BCUT2D eigenvalue weighted by atomic mass is 32.1. The molecule has 5 rings (SSSR count). The van der Waals surface area contributed by atoms with Gasteiger partial charge in [0.25, 0.3) is 0 Å². The molecule has 0 spiro atoms. The van der Waals surface area contributed by atoms with Crippen LogP contribution in [-0.4, -0.2) is 42.1 Å². The van der Waals surface area contributed by atoms with Gasteiger partial charge in [-0.25, -0.2) is 9.67 Å². The first-order valence-electron chi connectivity index (χ1n) is 9.95. The molecule has 4 N–H and O–H groups in total. The van der Waals surface area contributed by atoms with Crippen molar-refractivity contribution in [3.05, 3.63) is 48.1 Å². The van der Waals surface area contributed by atoms with Crippen LogP contribution in [0.5, 0.6) is 5.75 Å². The molecule has 3 aromatic heterocycles. The standard InChI is InChI=1S/C21H22N6O2S/c28-15-7-5-13(6-8-15)23-20-19-16(9-10-30-19)25-21(26-20)24-14-11-22-27(12-14)17-3-1-2-4-18(17)29/h1-4,9-13,15,28-29H,5-8H2,(H2,23,24,25,26)/t13-,15-. The third-order valence-corrected chi connectivity index (χ3v) is 6.22. The third kappa shape index (κ3) is 3.81. The Morgan fingerprint density at radius 3 is 2.73 bits per heavy atom. The van der Waals surface area contributed by atoms with Gasteiger partial charge in [-0.15, -0.1) is 11.3 Å². The van der Waals surface area contributed by atoms with Crippen LogP contribution in [0.4, 0.5) is 17.5 Å². The molecule has 154 valence electrons. The lowest BCUT2D eigenvalue weighted by Gasteiger charge is -2.26. The molecule has 1 saturated carbocycles. The molecular formula is C21H22N6O2S. The summed E-state index contributed by atoms with van der Waals surface area (Å²) in [6, 6.07) is 9.31. The number of phenolic OH excluding ortho intramolecular Hbond substituents is 1. The zero-order chi connectivity index (χ0) is 20.5. The normalized spacial score (nSPS) is 19.1. The van der Waals surface area contributed by atoms with Crippen LogP contribution in [0.3, 0.4) is 0 Å². The van der Waals surface area contributed by atoms with Gasteiger partial charge < -0.3 is 20.8 Å². The van der Waals surface area contributed by atoms with Gasteiger partial charge in [-0.3, -0.25) is 0 Å². The zero-order valence-electron chi connectivity index (χ0n) is 16.2. The second kappa shape index (κ2) is 7.92. The van der Waals surface area contributed by atoms with Gasteiger partial charge in [-0.1, -0.05) is 12.1 Å². The minimum atomic E-state index is -0.187. The molecule has 0 saturated heterocycles. The van der Waals surface area contributed by atoms with Crippen LogP contribution in [-0.2, 0) is 0 Å². The number of nitrogens with one attached hydrogen (secondary N) is 2. The van der Waals surface area contributed by atoms with Gasteiger partial charge in [0, 0.05) is 6.04 Å². The topological polar surface area (TPSA) is 108 Å². The maximum absolute atomic E-state index is 10.0. The quantitative estimate of drug-likeness (QED) is 0.384. The van der Waals surface area contributed by atoms with E-state index in [2.05, 4.69) is 20.7 Å². The fraction of sp³-hybridized carbons (Fsp3) is 0.286. The second-order valence-electron chi connectivity index (χ2n) is 7.47. The van der Waals surface area contributed by atoms with E-state index in [1.165, 1.54) is 0 Å². The van der Waals surface area contributed by atoms with Gasteiger partial charge in [0.05, 0.1) is 34.4 Å². The molecule has 1 aliphatic rings. The van der Waals surface area contributed by atoms with Crippen LogP contribution in [0.1, 0.15) is 25.7 Å². The zero-order valence-corrected chi connectivity index (χ0v) is 17.0. The minimum absolute atomic E-state index is 0.159. The van der Waals surface area contributed by atoms with Gasteiger partial charge in [-0.2, -0.15) is 10.1 Å². The number of para-hydroxylation sites is 2. The highest BCUT2D eigenvalue weighted by Crippen LogP contribution is 2.31. The number of aromatic nitrogens is 4. The summed E-state index contributed by atoms with van der Waals surface area (Å²) in [7, 11) is 0. The van der Waals surface area contributed by atoms with E-state index in [-0.39, 0.29) is 11.9 Å². The first-order valence-corrected chi connectivity index (χ1v) is 10.8. The van der Waals surface area contributed by atoms with E-state index in [4.69, 9.17) is 4.98 Å². The van der Waals surface area contributed by atoms with Crippen LogP contribution in [0.15, 0.2) is 48.1 Å². The van der Waals surface area contributed by atoms with Gasteiger partial charge in [0.1, 0.15) is 17.3 Å². The number of aromatic hydroxyl groups is 1. The van der Waals surface area contributed by atoms with Crippen LogP contribution in [0.2, 0.25) is 0 Å². The molecule has 0 unspecified atom stereocenters. The van der Waals surface area contributed by atoms with Crippen molar-refractivity contribution in [1.82, 2.24) is 19.7 Å². The number of benzene rings is 1. The fourth-order valence-corrected chi connectivity index (χ4v) is 4.52. The van der Waals surface area contributed by atoms with E-state index in [1.807, 2.05) is 17.5 Å². The number of nitrogens with zero attached hydrogens (tertiary/aromatic N) is 4. The summed E-state index contributed by atoms with van der Waals surface area (Å²) in [4.78, 5) is 9.33. The van der Waals surface area contributed by atoms with Crippen molar-refractivity contribution in [3.8, 4) is 11.4 Å². The molecule has 4 aromatic rings. The molecule has 0 radical (unpaired) electrons. The maximum atomic E-state index is 10.0. The Kier molecular flexibility index (Phi) is 4.97. The van der Waals surface area contributed by atoms with Gasteiger partial charge in [-0.05, 0) is 49.3 Å². The maximum Gasteiger partial charge on any atom is 0.229 e. The predicted molar refractivity (Wildman–Crippen MR) is 118 cm³/mol. The van der Waals surface area contributed by atoms with Crippen molar-refractivity contribution in [1.29, 1.82) is 0 Å². The summed E-state index contributed by atoms with van der Waals surface area (Å²) in [6.07, 6.45) is 6.74. The van der Waals surface area contributed by atoms with Crippen LogP contribution in [0, 0.1) is 0 Å². The van der Waals surface area contributed by atoms with E-state index in [9.17, 15) is 10.2 Å². The highest BCUT2D eigenvalue weighted by Gasteiger charge is 2.21. The lowest BCUT2D eigenvalue weighted by Crippen LogP contribution is -2.28. The molecule has 0 bridgehead atoms. The van der Waals surface area contributed by atoms with Gasteiger partial charge in [0.15, 0.2) is 0 Å². The second-order valence-corrected chi connectivity index (χ2v) is 8.38. The summed E-state index contributed by atoms with van der Waals surface area (Å²) in [5.41, 5.74) is 2.20. The summed E-state index contributed by atoms with van der Waals surface area (Å²) in [5.74, 6) is 1.45. The fourth-order valence-electron chi connectivity index (χ4n) is 3.74. The predicted octanol–water partition coefficient (Wildman–Crippen LogP) is 4.04. The monoisotopic (exact) mass is 422 g/mol. The van der Waals surface area contributed by atoms with Crippen molar-refractivity contribution in [2.45, 2.75) is 37.8 Å². The van der Waals surface area contributed by atoms with Crippen molar-refractivity contribution in [3.63, 3.8) is 0 Å². The number of hydrogen-bond donors (Lipinski definition) is 4. The number of phenols is 1. The van der Waals surface area contributed by atoms with Crippen LogP contribution < -0.4 is 10.6 Å². The smallest absolute Gasteiger partial charge is 0.229 e. The van der Waals surface area contributed by atoms with E-state index in [1.54, 1.807) is 46.6 Å². The van der Waals surface area contributed by atoms with E-state index in [0.29, 0.717) is 17.7 Å². The Labute approximate surface area is 177 Å². The lowest BCUT2D eigenvalue weighted by molar-refractivity contribution is 0.126. The summed E-state index contributed by atoms with van der Waals surface area (Å²) in [6.45, 7) is 0. The van der Waals surface area contributed by atoms with Crippen molar-refractivity contribution >= 4 is 39.0 Å². The van der Waals surface area contributed by atoms with Gasteiger partial charge >= 0.3 is 0 Å². The Balaban J connectivity index is 1.39. The lowest BCUT2D eigenvalue weighted by atomic mass is 9.93. The molecule has 0 amide bonds. The van der Waals surface area contributed by atoms with Crippen LogP contribution in [0.25, 0.3) is 15.9 Å². The number of thiophene rings is 1. The van der Waals surface area contributed by atoms with Crippen molar-refractivity contribution < 1.29 is 10.2 Å². The Morgan fingerprint density at radius 1 is 1.07 bits per heavy atom. The molecule has 9 heteroatoms. The largest absolute Gasteiger partial charge is 0.506 e. The number of rotatable bonds is 5. The molecular weight excluding hydrogens is 400 g/mol. The molecule has 1 aromatic carbocycles. The average Bonchev–Trinajstić information content (AvgIpc) is 3.40. The van der Waals surface area contributed by atoms with E-state index in [0.717, 1.165) is 47.4 Å². The molecule has 0 aliphatic heterocycles. The minimum Gasteiger partial charge on any atom is -0.506 e. The average molecular weight is 423 g/mol. The Hall–Kier alpha value is -3.17. The SMILES string of the molecule is Oc1ccccc1-n1cc(Nc2nc(N[C@H]3CC[C@H](O)CC3)c3sccc3n2)cn1. The first-order chi connectivity index (χ1) is 14.7. The number of aliphatic hydroxyl groups is 1. The molecule has 0 atom stereocenters. The van der Waals surface area contributed by atoms with Gasteiger partial charge in [0.2, 0.25) is 5.95 Å². The third-order valence-electron chi connectivity index (χ3n) is 5.31. The summed E-state index contributed by atoms with van der Waals surface area (Å²) in [5, 5.41) is 32.9. The molecule has 30 heavy (non-hydrogen) atoms. The van der Waals surface area contributed by atoms with Crippen LogP contribution >= 0.6 is 11.3 Å². The highest BCUT2D eigenvalue weighted by molar-refractivity contribution is 7.17. The van der Waals surface area contributed by atoms with E-state index < -0.39 is 0 Å². The first kappa shape index (κ1) is 18.8. The number of anilines is 3. The Bertz CT molecular complexity index is 1170. The molecule has 1 fully saturated rings. The Morgan fingerprint density at radius 2 is 1.90 bits per heavy atom. The molecule has 3 heterocycles. The van der Waals surface area contributed by atoms with Crippen molar-refractivity contribution in [2.75, 3.05) is 10.6 Å². The number of hydrogen-bond acceptors (Lipinski definition) is 8.